The summed E-state index contributed by atoms with van der Waals surface area (Å²) in [5, 5.41) is 16.1. The van der Waals surface area contributed by atoms with E-state index in [-0.39, 0.29) is 17.4 Å². The van der Waals surface area contributed by atoms with Crippen LogP contribution >= 0.6 is 0 Å². The minimum Gasteiger partial charge on any atom is -0.392 e. The third-order valence-corrected chi connectivity index (χ3v) is 4.30. The molecule has 1 aromatic carbocycles. The Kier molecular flexibility index (Phi) is 6.63. The molecule has 1 atom stereocenters. The quantitative estimate of drug-likeness (QED) is 0.732. The molecule has 0 aromatic heterocycles. The number of amides is 2. The molecule has 0 saturated heterocycles. The first-order valence-corrected chi connectivity index (χ1v) is 8.38. The van der Waals surface area contributed by atoms with Crippen LogP contribution in [-0.4, -0.2) is 23.8 Å². The van der Waals surface area contributed by atoms with E-state index in [1.165, 1.54) is 0 Å². The van der Waals surface area contributed by atoms with Crippen molar-refractivity contribution in [3.8, 4) is 0 Å². The fraction of sp³-hybridized carbons (Fsp3) is 0.632. The van der Waals surface area contributed by atoms with Gasteiger partial charge in [-0.15, -0.1) is 0 Å². The number of rotatable bonds is 6. The third kappa shape index (κ3) is 5.24. The van der Waals surface area contributed by atoms with Gasteiger partial charge < -0.3 is 15.7 Å². The number of aryl methyl sites for hydroxylation is 1. The highest BCUT2D eigenvalue weighted by atomic mass is 16.3. The number of hydrogen-bond acceptors (Lipinski definition) is 2. The number of carbonyl (C=O) groups excluding carboxylic acids is 1. The zero-order valence-electron chi connectivity index (χ0n) is 15.5. The smallest absolute Gasteiger partial charge is 0.319 e. The zero-order valence-corrected chi connectivity index (χ0v) is 15.5. The molecule has 0 heterocycles. The average molecular weight is 320 g/mol. The molecule has 1 aromatic rings. The van der Waals surface area contributed by atoms with Gasteiger partial charge in [-0.1, -0.05) is 59.7 Å². The summed E-state index contributed by atoms with van der Waals surface area (Å²) in [7, 11) is 0. The summed E-state index contributed by atoms with van der Waals surface area (Å²) in [5.74, 6) is 0.489. The van der Waals surface area contributed by atoms with Crippen LogP contribution in [0.25, 0.3) is 0 Å². The van der Waals surface area contributed by atoms with Crippen LogP contribution in [0.1, 0.15) is 58.6 Å². The summed E-state index contributed by atoms with van der Waals surface area (Å²) in [4.78, 5) is 12.3. The number of urea groups is 1. The Labute approximate surface area is 140 Å². The average Bonchev–Trinajstić information content (AvgIpc) is 2.46. The molecule has 4 nitrogen and oxygen atoms in total. The lowest BCUT2D eigenvalue weighted by molar-refractivity contribution is 0.0154. The van der Waals surface area contributed by atoms with Gasteiger partial charge in [0.05, 0.1) is 6.10 Å². The Morgan fingerprint density at radius 2 is 1.83 bits per heavy atom. The van der Waals surface area contributed by atoms with Gasteiger partial charge in [0.25, 0.3) is 0 Å². The Bertz CT molecular complexity index is 536. The maximum Gasteiger partial charge on any atom is 0.319 e. The van der Waals surface area contributed by atoms with Gasteiger partial charge in [0.2, 0.25) is 0 Å². The number of carbonyl (C=O) groups is 1. The topological polar surface area (TPSA) is 61.4 Å². The number of aliphatic hydroxyl groups is 1. The van der Waals surface area contributed by atoms with Crippen molar-refractivity contribution in [1.82, 2.24) is 5.32 Å². The van der Waals surface area contributed by atoms with Gasteiger partial charge in [-0.2, -0.15) is 0 Å². The van der Waals surface area contributed by atoms with Crippen molar-refractivity contribution < 1.29 is 9.90 Å². The largest absolute Gasteiger partial charge is 0.392 e. The predicted octanol–water partition coefficient (Wildman–Crippen LogP) is 4.28. The zero-order chi connectivity index (χ0) is 17.8. The van der Waals surface area contributed by atoms with Crippen molar-refractivity contribution in [2.24, 2.45) is 11.3 Å². The van der Waals surface area contributed by atoms with Crippen LogP contribution in [0.2, 0.25) is 0 Å². The van der Waals surface area contributed by atoms with Gasteiger partial charge in [-0.25, -0.2) is 4.79 Å². The molecule has 4 heteroatoms. The van der Waals surface area contributed by atoms with E-state index in [2.05, 4.69) is 24.5 Å². The molecule has 130 valence electrons. The van der Waals surface area contributed by atoms with Gasteiger partial charge in [-0.3, -0.25) is 0 Å². The summed E-state index contributed by atoms with van der Waals surface area (Å²) >= 11 is 0. The minimum atomic E-state index is -0.465. The van der Waals surface area contributed by atoms with Crippen LogP contribution < -0.4 is 10.6 Å². The second-order valence-electron chi connectivity index (χ2n) is 7.68. The molecule has 0 aliphatic carbocycles. The minimum absolute atomic E-state index is 0.152. The molecular weight excluding hydrogens is 288 g/mol. The van der Waals surface area contributed by atoms with Crippen LogP contribution in [0.5, 0.6) is 0 Å². The van der Waals surface area contributed by atoms with Gasteiger partial charge >= 0.3 is 6.03 Å². The summed E-state index contributed by atoms with van der Waals surface area (Å²) < 4.78 is 0. The number of aliphatic hydroxyl groups excluding tert-OH is 1. The molecule has 23 heavy (non-hydrogen) atoms. The van der Waals surface area contributed by atoms with E-state index >= 15 is 0 Å². The van der Waals surface area contributed by atoms with Gasteiger partial charge in [-0.05, 0) is 29.9 Å². The molecule has 1 rings (SSSR count). The highest BCUT2D eigenvalue weighted by molar-refractivity contribution is 5.91. The summed E-state index contributed by atoms with van der Waals surface area (Å²) in [6, 6.07) is 5.81. The van der Waals surface area contributed by atoms with Crippen molar-refractivity contribution in [3.63, 3.8) is 0 Å². The van der Waals surface area contributed by atoms with Crippen LogP contribution in [0, 0.1) is 18.3 Å². The first kappa shape index (κ1) is 19.5. The van der Waals surface area contributed by atoms with E-state index in [0.717, 1.165) is 16.8 Å². The molecule has 0 radical (unpaired) electrons. The normalized spacial score (nSPS) is 13.3. The predicted molar refractivity (Wildman–Crippen MR) is 96.9 cm³/mol. The van der Waals surface area contributed by atoms with Crippen LogP contribution in [0.3, 0.4) is 0 Å². The molecule has 0 aliphatic heterocycles. The summed E-state index contributed by atoms with van der Waals surface area (Å²) in [6.07, 6.45) is -0.465. The Morgan fingerprint density at radius 1 is 1.22 bits per heavy atom. The van der Waals surface area contributed by atoms with E-state index in [9.17, 15) is 9.90 Å². The Balaban J connectivity index is 2.75. The maximum absolute atomic E-state index is 12.3. The highest BCUT2D eigenvalue weighted by Gasteiger charge is 2.30. The van der Waals surface area contributed by atoms with Gasteiger partial charge in [0.1, 0.15) is 0 Å². The van der Waals surface area contributed by atoms with Crippen molar-refractivity contribution in [1.29, 1.82) is 0 Å². The molecule has 0 bridgehead atoms. The summed E-state index contributed by atoms with van der Waals surface area (Å²) in [6.45, 7) is 14.5. The second kappa shape index (κ2) is 7.82. The van der Waals surface area contributed by atoms with Crippen molar-refractivity contribution in [3.05, 3.63) is 29.3 Å². The third-order valence-electron chi connectivity index (χ3n) is 4.30. The lowest BCUT2D eigenvalue weighted by atomic mass is 9.81. The Hall–Kier alpha value is -1.55. The van der Waals surface area contributed by atoms with Gasteiger partial charge in [0.15, 0.2) is 0 Å². The van der Waals surface area contributed by atoms with Crippen LogP contribution in [-0.2, 0) is 0 Å². The molecule has 0 saturated carbocycles. The lowest BCUT2D eigenvalue weighted by Gasteiger charge is -2.33. The first-order valence-electron chi connectivity index (χ1n) is 8.38. The molecule has 0 spiro atoms. The summed E-state index contributed by atoms with van der Waals surface area (Å²) in [5.41, 5.74) is 2.68. The van der Waals surface area contributed by atoms with E-state index in [1.54, 1.807) is 0 Å². The van der Waals surface area contributed by atoms with E-state index < -0.39 is 6.10 Å². The number of para-hydroxylation sites is 1. The van der Waals surface area contributed by atoms with E-state index in [1.807, 2.05) is 52.8 Å². The van der Waals surface area contributed by atoms with Gasteiger partial charge in [0, 0.05) is 17.6 Å². The fourth-order valence-electron chi connectivity index (χ4n) is 2.82. The number of anilines is 1. The van der Waals surface area contributed by atoms with Crippen molar-refractivity contribution in [2.45, 2.75) is 60.5 Å². The number of nitrogens with one attached hydrogen (secondary N) is 2. The fourth-order valence-corrected chi connectivity index (χ4v) is 2.82. The molecule has 0 aliphatic rings. The van der Waals surface area contributed by atoms with Crippen molar-refractivity contribution in [2.75, 3.05) is 11.9 Å². The Morgan fingerprint density at radius 3 is 2.35 bits per heavy atom. The highest BCUT2D eigenvalue weighted by Crippen LogP contribution is 2.28. The van der Waals surface area contributed by atoms with E-state index in [0.29, 0.717) is 12.5 Å². The maximum atomic E-state index is 12.3. The standard InChI is InChI=1S/C19H32N2O2/c1-12(2)15-10-8-9-14(5)16(15)21-18(23)20-11-19(6,7)17(22)13(3)4/h8-10,12-13,17,22H,11H2,1-7H3,(H2,20,21,23). The molecule has 2 amide bonds. The SMILES string of the molecule is Cc1cccc(C(C)C)c1NC(=O)NCC(C)(C)C(O)C(C)C. The molecule has 1 unspecified atom stereocenters. The van der Waals surface area contributed by atoms with Crippen LogP contribution in [0.4, 0.5) is 10.5 Å². The van der Waals surface area contributed by atoms with Crippen molar-refractivity contribution >= 4 is 11.7 Å². The first-order chi connectivity index (χ1) is 10.6. The van der Waals surface area contributed by atoms with E-state index in [4.69, 9.17) is 0 Å². The number of benzene rings is 1. The lowest BCUT2D eigenvalue weighted by Crippen LogP contribution is -2.44. The second-order valence-corrected chi connectivity index (χ2v) is 7.68. The molecular formula is C19H32N2O2. The monoisotopic (exact) mass is 320 g/mol. The van der Waals surface area contributed by atoms with Crippen LogP contribution in [0.15, 0.2) is 18.2 Å². The molecule has 3 N–H and O–H groups in total. The number of hydrogen-bond donors (Lipinski definition) is 3. The molecule has 0 fully saturated rings.